The molecule has 27 heavy (non-hydrogen) atoms. The van der Waals surface area contributed by atoms with Crippen LogP contribution in [0.3, 0.4) is 0 Å². The van der Waals surface area contributed by atoms with E-state index in [9.17, 15) is 9.59 Å². The summed E-state index contributed by atoms with van der Waals surface area (Å²) in [6.07, 6.45) is 16.5. The number of rotatable bonds is 6. The van der Waals surface area contributed by atoms with Crippen LogP contribution in [0.25, 0.3) is 0 Å². The van der Waals surface area contributed by atoms with Crippen LogP contribution in [0.5, 0.6) is 0 Å². The molecule has 4 heteroatoms. The minimum atomic E-state index is 0.0488. The Morgan fingerprint density at radius 3 is 2.48 bits per heavy atom. The third kappa shape index (κ3) is 3.23. The van der Waals surface area contributed by atoms with Crippen molar-refractivity contribution in [3.8, 4) is 0 Å². The largest absolute Gasteiger partial charge is 0.354 e. The molecule has 1 spiro atoms. The molecule has 0 aliphatic heterocycles. The van der Waals surface area contributed by atoms with Gasteiger partial charge in [-0.3, -0.25) is 9.59 Å². The predicted octanol–water partition coefficient (Wildman–Crippen LogP) is 3.71. The molecule has 5 aliphatic carbocycles. The van der Waals surface area contributed by atoms with Crippen LogP contribution in [0.4, 0.5) is 0 Å². The lowest BCUT2D eigenvalue weighted by molar-refractivity contribution is -0.127. The van der Waals surface area contributed by atoms with Gasteiger partial charge in [0.2, 0.25) is 11.8 Å². The van der Waals surface area contributed by atoms with E-state index in [0.717, 1.165) is 25.2 Å². The van der Waals surface area contributed by atoms with Gasteiger partial charge in [0, 0.05) is 24.6 Å². The average Bonchev–Trinajstić information content (AvgIpc) is 2.98. The van der Waals surface area contributed by atoms with Gasteiger partial charge in [-0.05, 0) is 87.4 Å². The van der Waals surface area contributed by atoms with Crippen LogP contribution < -0.4 is 10.6 Å². The van der Waals surface area contributed by atoms with Gasteiger partial charge in [0.1, 0.15) is 0 Å². The highest BCUT2D eigenvalue weighted by Gasteiger charge is 2.65. The standard InChI is InChI=1S/C23H34N2O2/c26-21(12-15-4-3-5-15)25-20(16-6-1-2-7-16)14-24-22(27)18-13-17-8-9-19(18)23(17)10-11-23/h12,16-20H,1-11,13-14H2,(H,24,27)(H,25,26)/t17-,18+,19+,20?/m0/s1. The van der Waals surface area contributed by atoms with E-state index < -0.39 is 0 Å². The Hall–Kier alpha value is -1.32. The van der Waals surface area contributed by atoms with Crippen molar-refractivity contribution in [2.45, 2.75) is 83.1 Å². The summed E-state index contributed by atoms with van der Waals surface area (Å²) in [6, 6.07) is 0.0920. The molecule has 2 N–H and O–H groups in total. The summed E-state index contributed by atoms with van der Waals surface area (Å²) >= 11 is 0. The number of hydrogen-bond donors (Lipinski definition) is 2. The quantitative estimate of drug-likeness (QED) is 0.700. The van der Waals surface area contributed by atoms with Gasteiger partial charge in [-0.1, -0.05) is 18.4 Å². The van der Waals surface area contributed by atoms with Gasteiger partial charge in [0.05, 0.1) is 0 Å². The summed E-state index contributed by atoms with van der Waals surface area (Å²) in [5.74, 6) is 2.53. The van der Waals surface area contributed by atoms with Crippen molar-refractivity contribution in [2.75, 3.05) is 6.54 Å². The van der Waals surface area contributed by atoms with Gasteiger partial charge >= 0.3 is 0 Å². The van der Waals surface area contributed by atoms with Crippen LogP contribution in [0.15, 0.2) is 11.6 Å². The summed E-state index contributed by atoms with van der Waals surface area (Å²) in [5, 5.41) is 6.50. The minimum Gasteiger partial charge on any atom is -0.354 e. The van der Waals surface area contributed by atoms with Crippen LogP contribution in [-0.4, -0.2) is 24.4 Å². The fourth-order valence-corrected chi connectivity index (χ4v) is 6.87. The first-order valence-electron chi connectivity index (χ1n) is 11.4. The molecule has 5 aliphatic rings. The molecule has 148 valence electrons. The SMILES string of the molecule is O=C(C=C1CCC1)NC(CNC(=O)[C@@H]1C[C@@H]2CC[C@H]1C21CC1)C1CCCC1. The Labute approximate surface area is 162 Å². The van der Waals surface area contributed by atoms with E-state index in [0.29, 0.717) is 23.8 Å². The summed E-state index contributed by atoms with van der Waals surface area (Å²) in [5.41, 5.74) is 1.84. The molecule has 0 aromatic carbocycles. The van der Waals surface area contributed by atoms with Crippen molar-refractivity contribution < 1.29 is 9.59 Å². The molecule has 0 aromatic heterocycles. The summed E-state index contributed by atoms with van der Waals surface area (Å²) < 4.78 is 0. The Morgan fingerprint density at radius 1 is 1.07 bits per heavy atom. The van der Waals surface area contributed by atoms with E-state index in [4.69, 9.17) is 0 Å². The van der Waals surface area contributed by atoms with E-state index in [1.54, 1.807) is 6.08 Å². The third-order valence-electron chi connectivity index (χ3n) is 8.69. The number of amides is 2. The molecule has 1 unspecified atom stereocenters. The van der Waals surface area contributed by atoms with Gasteiger partial charge in [0.15, 0.2) is 0 Å². The van der Waals surface area contributed by atoms with Crippen molar-refractivity contribution in [1.29, 1.82) is 0 Å². The van der Waals surface area contributed by atoms with Crippen LogP contribution >= 0.6 is 0 Å². The Kier molecular flexibility index (Phi) is 4.56. The number of allylic oxidation sites excluding steroid dienone is 1. The van der Waals surface area contributed by atoms with Crippen LogP contribution in [-0.2, 0) is 9.59 Å². The van der Waals surface area contributed by atoms with E-state index in [1.807, 2.05) is 0 Å². The molecule has 4 nitrogen and oxygen atoms in total. The second-order valence-electron chi connectivity index (χ2n) is 10.0. The van der Waals surface area contributed by atoms with Crippen molar-refractivity contribution >= 4 is 11.8 Å². The van der Waals surface area contributed by atoms with Gasteiger partial charge < -0.3 is 10.6 Å². The maximum absolute atomic E-state index is 13.0. The zero-order valence-corrected chi connectivity index (χ0v) is 16.5. The lowest BCUT2D eigenvalue weighted by atomic mass is 9.86. The second kappa shape index (κ2) is 6.93. The highest BCUT2D eigenvalue weighted by molar-refractivity contribution is 5.88. The molecule has 0 radical (unpaired) electrons. The highest BCUT2D eigenvalue weighted by atomic mass is 16.2. The molecule has 0 aromatic rings. The van der Waals surface area contributed by atoms with Crippen molar-refractivity contribution in [3.05, 3.63) is 11.6 Å². The van der Waals surface area contributed by atoms with E-state index in [1.165, 1.54) is 63.4 Å². The monoisotopic (exact) mass is 370 g/mol. The first kappa shape index (κ1) is 17.8. The molecule has 2 amide bonds. The Balaban J connectivity index is 1.18. The van der Waals surface area contributed by atoms with Crippen molar-refractivity contribution in [2.24, 2.45) is 29.1 Å². The van der Waals surface area contributed by atoms with Gasteiger partial charge in [-0.25, -0.2) is 0 Å². The third-order valence-corrected chi connectivity index (χ3v) is 8.69. The van der Waals surface area contributed by atoms with Crippen molar-refractivity contribution in [1.82, 2.24) is 10.6 Å². The van der Waals surface area contributed by atoms with E-state index in [-0.39, 0.29) is 23.8 Å². The van der Waals surface area contributed by atoms with Crippen LogP contribution in [0.1, 0.15) is 77.0 Å². The maximum atomic E-state index is 13.0. The predicted molar refractivity (Wildman–Crippen MR) is 105 cm³/mol. The normalized spacial score (nSPS) is 34.4. The fourth-order valence-electron chi connectivity index (χ4n) is 6.87. The lowest BCUT2D eigenvalue weighted by Crippen LogP contribution is -2.48. The Morgan fingerprint density at radius 2 is 1.85 bits per heavy atom. The van der Waals surface area contributed by atoms with Gasteiger partial charge in [-0.2, -0.15) is 0 Å². The second-order valence-corrected chi connectivity index (χ2v) is 10.0. The lowest BCUT2D eigenvalue weighted by Gasteiger charge is -2.27. The number of hydrogen-bond acceptors (Lipinski definition) is 2. The topological polar surface area (TPSA) is 58.2 Å². The van der Waals surface area contributed by atoms with Gasteiger partial charge in [-0.15, -0.1) is 0 Å². The molecule has 5 saturated carbocycles. The first-order valence-corrected chi connectivity index (χ1v) is 11.4. The average molecular weight is 371 g/mol. The molecule has 2 bridgehead atoms. The molecule has 5 rings (SSSR count). The summed E-state index contributed by atoms with van der Waals surface area (Å²) in [7, 11) is 0. The van der Waals surface area contributed by atoms with Gasteiger partial charge in [0.25, 0.3) is 0 Å². The van der Waals surface area contributed by atoms with Crippen LogP contribution in [0, 0.1) is 29.1 Å². The van der Waals surface area contributed by atoms with Crippen LogP contribution in [0.2, 0.25) is 0 Å². The molecule has 4 atom stereocenters. The minimum absolute atomic E-state index is 0.0488. The maximum Gasteiger partial charge on any atom is 0.244 e. The summed E-state index contributed by atoms with van der Waals surface area (Å²) in [4.78, 5) is 25.4. The zero-order valence-electron chi connectivity index (χ0n) is 16.5. The molecule has 0 saturated heterocycles. The number of carbonyl (C=O) groups excluding carboxylic acids is 2. The number of carbonyl (C=O) groups is 2. The molecular weight excluding hydrogens is 336 g/mol. The van der Waals surface area contributed by atoms with E-state index in [2.05, 4.69) is 10.6 Å². The molecular formula is C23H34N2O2. The zero-order chi connectivity index (χ0) is 18.4. The first-order chi connectivity index (χ1) is 13.2. The smallest absolute Gasteiger partial charge is 0.244 e. The molecule has 5 fully saturated rings. The summed E-state index contributed by atoms with van der Waals surface area (Å²) in [6.45, 7) is 0.610. The fraction of sp³-hybridized carbons (Fsp3) is 0.826. The Bertz CT molecular complexity index is 639. The highest BCUT2D eigenvalue weighted by Crippen LogP contribution is 2.72. The number of nitrogens with one attached hydrogen (secondary N) is 2. The van der Waals surface area contributed by atoms with E-state index >= 15 is 0 Å². The van der Waals surface area contributed by atoms with Crippen molar-refractivity contribution in [3.63, 3.8) is 0 Å². The molecule has 0 heterocycles.